The molecule has 1 aliphatic heterocycles. The summed E-state index contributed by atoms with van der Waals surface area (Å²) in [6.07, 6.45) is 1.69. The van der Waals surface area contributed by atoms with Crippen LogP contribution in [0.1, 0.15) is 35.4 Å². The van der Waals surface area contributed by atoms with Crippen LogP contribution in [0.15, 0.2) is 84.9 Å². The minimum atomic E-state index is -1.04. The van der Waals surface area contributed by atoms with E-state index >= 15 is 0 Å². The lowest BCUT2D eigenvalue weighted by atomic mass is 9.94. The Labute approximate surface area is 200 Å². The summed E-state index contributed by atoms with van der Waals surface area (Å²) in [6.45, 7) is 2.58. The second-order valence-electron chi connectivity index (χ2n) is 8.61. The van der Waals surface area contributed by atoms with Gasteiger partial charge in [0, 0.05) is 12.6 Å². The van der Waals surface area contributed by atoms with Gasteiger partial charge in [0.25, 0.3) is 0 Å². The first-order chi connectivity index (χ1) is 16.6. The average molecular weight is 458 g/mol. The normalized spacial score (nSPS) is 14.8. The first kappa shape index (κ1) is 23.5. The van der Waals surface area contributed by atoms with E-state index in [4.69, 9.17) is 10.5 Å². The predicted octanol–water partition coefficient (Wildman–Crippen LogP) is 3.62. The van der Waals surface area contributed by atoms with Crippen molar-refractivity contribution < 1.29 is 14.3 Å². The number of amides is 2. The zero-order valence-corrected chi connectivity index (χ0v) is 19.2. The van der Waals surface area contributed by atoms with Crippen LogP contribution in [0, 0.1) is 0 Å². The van der Waals surface area contributed by atoms with Crippen molar-refractivity contribution in [1.29, 1.82) is 0 Å². The summed E-state index contributed by atoms with van der Waals surface area (Å²) < 4.78 is 5.85. The van der Waals surface area contributed by atoms with Gasteiger partial charge in [-0.05, 0) is 54.8 Å². The number of ether oxygens (including phenoxy) is 1. The molecule has 34 heavy (non-hydrogen) atoms. The zero-order chi connectivity index (χ0) is 23.8. The van der Waals surface area contributed by atoms with Crippen LogP contribution in [-0.2, 0) is 22.7 Å². The number of carbonyl (C=O) groups is 2. The number of benzene rings is 3. The molecule has 4 rings (SSSR count). The summed E-state index contributed by atoms with van der Waals surface area (Å²) in [5.74, 6) is -1.26. The number of nitrogens with zero attached hydrogens (tertiary/aromatic N) is 1. The molecular weight excluding hydrogens is 426 g/mol. The fraction of sp³-hybridized carbons (Fsp3) is 0.286. The Morgan fingerprint density at radius 1 is 0.882 bits per heavy atom. The Bertz CT molecular complexity index is 1070. The highest BCUT2D eigenvalue weighted by molar-refractivity contribution is 6.05. The molecule has 1 saturated heterocycles. The third-order valence-electron chi connectivity index (χ3n) is 6.22. The smallest absolute Gasteiger partial charge is 0.240 e. The van der Waals surface area contributed by atoms with Gasteiger partial charge in [-0.25, -0.2) is 0 Å². The largest absolute Gasteiger partial charge is 0.489 e. The monoisotopic (exact) mass is 457 g/mol. The molecule has 0 aromatic heterocycles. The van der Waals surface area contributed by atoms with E-state index in [1.54, 1.807) is 24.3 Å². The van der Waals surface area contributed by atoms with Crippen molar-refractivity contribution in [3.63, 3.8) is 0 Å². The molecule has 3 N–H and O–H groups in total. The number of piperidine rings is 1. The second kappa shape index (κ2) is 11.5. The minimum absolute atomic E-state index is 0.0595. The molecule has 1 unspecified atom stereocenters. The zero-order valence-electron chi connectivity index (χ0n) is 19.2. The lowest BCUT2D eigenvalue weighted by Gasteiger charge is -2.36. The summed E-state index contributed by atoms with van der Waals surface area (Å²) in [6, 6.07) is 26.9. The molecule has 0 saturated carbocycles. The van der Waals surface area contributed by atoms with Gasteiger partial charge in [0.2, 0.25) is 11.8 Å². The van der Waals surface area contributed by atoms with Crippen molar-refractivity contribution in [3.8, 4) is 5.75 Å². The van der Waals surface area contributed by atoms with E-state index < -0.39 is 11.8 Å². The van der Waals surface area contributed by atoms with Crippen molar-refractivity contribution >= 4 is 11.8 Å². The molecule has 0 aliphatic carbocycles. The summed E-state index contributed by atoms with van der Waals surface area (Å²) in [7, 11) is 0. The Hall–Kier alpha value is -3.64. The molecule has 1 aliphatic rings. The maximum absolute atomic E-state index is 13.8. The number of rotatable bonds is 9. The number of nitrogens with one attached hydrogen (secondary N) is 1. The fourth-order valence-electron chi connectivity index (χ4n) is 4.38. The van der Waals surface area contributed by atoms with Crippen molar-refractivity contribution in [2.24, 2.45) is 5.73 Å². The van der Waals surface area contributed by atoms with Gasteiger partial charge in [-0.1, -0.05) is 72.8 Å². The van der Waals surface area contributed by atoms with E-state index in [2.05, 4.69) is 5.32 Å². The maximum Gasteiger partial charge on any atom is 0.240 e. The number of primary amides is 1. The lowest BCUT2D eigenvalue weighted by molar-refractivity contribution is -0.140. The molecule has 2 amide bonds. The van der Waals surface area contributed by atoms with Gasteiger partial charge in [-0.3, -0.25) is 9.59 Å². The van der Waals surface area contributed by atoms with Gasteiger partial charge in [0.1, 0.15) is 18.3 Å². The van der Waals surface area contributed by atoms with E-state index in [-0.39, 0.29) is 11.9 Å². The highest BCUT2D eigenvalue weighted by Crippen LogP contribution is 2.26. The van der Waals surface area contributed by atoms with Crippen LogP contribution in [0.2, 0.25) is 0 Å². The standard InChI is InChI=1S/C28H31N3O3/c29-27(32)26(23-11-13-25(14-12-23)34-20-22-9-5-2-6-10-22)28(33)31(24-15-17-30-18-16-24)19-21-7-3-1-4-8-21/h1-14,24,26,30H,15-20H2,(H2,29,32). The van der Waals surface area contributed by atoms with E-state index in [1.807, 2.05) is 65.6 Å². The molecule has 3 aromatic rings. The minimum Gasteiger partial charge on any atom is -0.489 e. The molecule has 176 valence electrons. The van der Waals surface area contributed by atoms with Crippen molar-refractivity contribution in [2.75, 3.05) is 13.1 Å². The SMILES string of the molecule is NC(=O)C(C(=O)N(Cc1ccccc1)C1CCNCC1)c1ccc(OCc2ccccc2)cc1. The van der Waals surface area contributed by atoms with Crippen molar-refractivity contribution in [1.82, 2.24) is 10.2 Å². The van der Waals surface area contributed by atoms with Crippen LogP contribution in [0.5, 0.6) is 5.75 Å². The molecule has 0 spiro atoms. The molecule has 6 heteroatoms. The molecule has 3 aromatic carbocycles. The molecule has 1 atom stereocenters. The number of nitrogens with two attached hydrogens (primary N) is 1. The van der Waals surface area contributed by atoms with Crippen LogP contribution in [0.4, 0.5) is 0 Å². The number of carbonyl (C=O) groups excluding carboxylic acids is 2. The van der Waals surface area contributed by atoms with Gasteiger partial charge in [-0.15, -0.1) is 0 Å². The number of hydrogen-bond acceptors (Lipinski definition) is 4. The third-order valence-corrected chi connectivity index (χ3v) is 6.22. The van der Waals surface area contributed by atoms with Gasteiger partial charge in [0.15, 0.2) is 0 Å². The van der Waals surface area contributed by atoms with Gasteiger partial charge >= 0.3 is 0 Å². The third kappa shape index (κ3) is 6.02. The van der Waals surface area contributed by atoms with Crippen LogP contribution >= 0.6 is 0 Å². The molecule has 0 bridgehead atoms. The van der Waals surface area contributed by atoms with E-state index in [9.17, 15) is 9.59 Å². The lowest BCUT2D eigenvalue weighted by Crippen LogP contribution is -2.49. The molecule has 1 heterocycles. The van der Waals surface area contributed by atoms with E-state index in [0.29, 0.717) is 24.5 Å². The molecule has 1 fully saturated rings. The second-order valence-corrected chi connectivity index (χ2v) is 8.61. The van der Waals surface area contributed by atoms with Crippen LogP contribution in [0.3, 0.4) is 0 Å². The first-order valence-corrected chi connectivity index (χ1v) is 11.7. The molecule has 6 nitrogen and oxygen atoms in total. The summed E-state index contributed by atoms with van der Waals surface area (Å²) >= 11 is 0. The van der Waals surface area contributed by atoms with Crippen molar-refractivity contribution in [2.45, 2.75) is 38.0 Å². The van der Waals surface area contributed by atoms with E-state index in [1.165, 1.54) is 0 Å². The van der Waals surface area contributed by atoms with Crippen molar-refractivity contribution in [3.05, 3.63) is 102 Å². The highest BCUT2D eigenvalue weighted by atomic mass is 16.5. The summed E-state index contributed by atoms with van der Waals surface area (Å²) in [5.41, 5.74) is 8.45. The van der Waals surface area contributed by atoms with E-state index in [0.717, 1.165) is 37.1 Å². The highest BCUT2D eigenvalue weighted by Gasteiger charge is 2.34. The number of hydrogen-bond donors (Lipinski definition) is 2. The van der Waals surface area contributed by atoms with Crippen LogP contribution in [-0.4, -0.2) is 35.8 Å². The quantitative estimate of drug-likeness (QED) is 0.481. The first-order valence-electron chi connectivity index (χ1n) is 11.7. The summed E-state index contributed by atoms with van der Waals surface area (Å²) in [4.78, 5) is 28.1. The van der Waals surface area contributed by atoms with Crippen LogP contribution < -0.4 is 15.8 Å². The Morgan fingerprint density at radius 2 is 1.47 bits per heavy atom. The van der Waals surface area contributed by atoms with Gasteiger partial charge in [-0.2, -0.15) is 0 Å². The Kier molecular flexibility index (Phi) is 7.94. The fourth-order valence-corrected chi connectivity index (χ4v) is 4.38. The topological polar surface area (TPSA) is 84.7 Å². The van der Waals surface area contributed by atoms with Crippen LogP contribution in [0.25, 0.3) is 0 Å². The molecule has 0 radical (unpaired) electrons. The Balaban J connectivity index is 1.52. The summed E-state index contributed by atoms with van der Waals surface area (Å²) in [5, 5.41) is 3.34. The Morgan fingerprint density at radius 3 is 2.06 bits per heavy atom. The van der Waals surface area contributed by atoms with Gasteiger partial charge in [0.05, 0.1) is 0 Å². The van der Waals surface area contributed by atoms with Gasteiger partial charge < -0.3 is 20.7 Å². The maximum atomic E-state index is 13.8. The predicted molar refractivity (Wildman–Crippen MR) is 132 cm³/mol. The average Bonchev–Trinajstić information content (AvgIpc) is 2.88. The molecular formula is C28H31N3O3.